The highest BCUT2D eigenvalue weighted by atomic mass is 35.5. The molecule has 0 aliphatic carbocycles. The van der Waals surface area contributed by atoms with E-state index in [1.54, 1.807) is 6.20 Å². The smallest absolute Gasteiger partial charge is 0.0730 e. The van der Waals surface area contributed by atoms with Crippen molar-refractivity contribution in [1.29, 1.82) is 0 Å². The van der Waals surface area contributed by atoms with Crippen molar-refractivity contribution in [2.75, 3.05) is 0 Å². The van der Waals surface area contributed by atoms with Gasteiger partial charge in [0.1, 0.15) is 0 Å². The Kier molecular flexibility index (Phi) is 3.78. The zero-order valence-electron chi connectivity index (χ0n) is 11.7. The second-order valence-electron chi connectivity index (χ2n) is 4.98. The Bertz CT molecular complexity index is 750. The Morgan fingerprint density at radius 1 is 1.10 bits per heavy atom. The van der Waals surface area contributed by atoms with Crippen molar-refractivity contribution in [1.82, 2.24) is 9.78 Å². The van der Waals surface area contributed by atoms with Gasteiger partial charge in [-0.25, -0.2) is 4.68 Å². The molecule has 1 aromatic heterocycles. The molecule has 21 heavy (non-hydrogen) atoms. The molecule has 2 N–H and O–H groups in total. The molecule has 0 fully saturated rings. The van der Waals surface area contributed by atoms with Crippen LogP contribution in [0, 0.1) is 6.92 Å². The maximum Gasteiger partial charge on any atom is 0.0730 e. The number of benzene rings is 2. The zero-order chi connectivity index (χ0) is 14.8. The van der Waals surface area contributed by atoms with E-state index in [0.29, 0.717) is 5.02 Å². The predicted molar refractivity (Wildman–Crippen MR) is 85.8 cm³/mol. The summed E-state index contributed by atoms with van der Waals surface area (Å²) in [4.78, 5) is 0. The van der Waals surface area contributed by atoms with Crippen LogP contribution in [0.4, 0.5) is 0 Å². The Morgan fingerprint density at radius 3 is 2.62 bits per heavy atom. The van der Waals surface area contributed by atoms with Crippen molar-refractivity contribution in [2.45, 2.75) is 13.0 Å². The predicted octanol–water partition coefficient (Wildman–Crippen LogP) is 3.88. The summed E-state index contributed by atoms with van der Waals surface area (Å²) in [7, 11) is 0. The third-order valence-electron chi connectivity index (χ3n) is 3.57. The largest absolute Gasteiger partial charge is 0.319 e. The Morgan fingerprint density at radius 2 is 1.86 bits per heavy atom. The summed E-state index contributed by atoms with van der Waals surface area (Å²) in [6, 6.07) is 17.4. The van der Waals surface area contributed by atoms with E-state index in [1.165, 1.54) is 0 Å². The molecule has 0 bridgehead atoms. The van der Waals surface area contributed by atoms with E-state index in [2.05, 4.69) is 5.10 Å². The number of rotatable bonds is 3. The Hall–Kier alpha value is -2.10. The standard InChI is InChI=1S/C17H16ClN3/c1-12-7-8-13(18)11-15(12)17(19)16-9-10-20-21(16)14-5-3-2-4-6-14/h2-11,17H,19H2,1H3. The van der Waals surface area contributed by atoms with Gasteiger partial charge in [0, 0.05) is 11.2 Å². The van der Waals surface area contributed by atoms with E-state index in [1.807, 2.05) is 66.2 Å². The monoisotopic (exact) mass is 297 g/mol. The number of para-hydroxylation sites is 1. The molecule has 1 heterocycles. The SMILES string of the molecule is Cc1ccc(Cl)cc1C(N)c1ccnn1-c1ccccc1. The lowest BCUT2D eigenvalue weighted by atomic mass is 9.99. The van der Waals surface area contributed by atoms with Gasteiger partial charge in [0.15, 0.2) is 0 Å². The van der Waals surface area contributed by atoms with Gasteiger partial charge < -0.3 is 5.73 Å². The van der Waals surface area contributed by atoms with E-state index in [-0.39, 0.29) is 6.04 Å². The molecule has 3 rings (SSSR count). The van der Waals surface area contributed by atoms with Crippen LogP contribution < -0.4 is 5.73 Å². The molecule has 3 aromatic rings. The van der Waals surface area contributed by atoms with Gasteiger partial charge in [-0.15, -0.1) is 0 Å². The Balaban J connectivity index is 2.06. The van der Waals surface area contributed by atoms with Crippen LogP contribution in [0.5, 0.6) is 0 Å². The first-order valence-electron chi connectivity index (χ1n) is 6.78. The quantitative estimate of drug-likeness (QED) is 0.797. The van der Waals surface area contributed by atoms with Gasteiger partial charge in [0.2, 0.25) is 0 Å². The van der Waals surface area contributed by atoms with Crippen molar-refractivity contribution >= 4 is 11.6 Å². The van der Waals surface area contributed by atoms with Crippen molar-refractivity contribution in [3.8, 4) is 5.69 Å². The summed E-state index contributed by atoms with van der Waals surface area (Å²) in [5.74, 6) is 0. The molecule has 0 amide bonds. The van der Waals surface area contributed by atoms with Crippen molar-refractivity contribution in [2.24, 2.45) is 5.73 Å². The lowest BCUT2D eigenvalue weighted by molar-refractivity contribution is 0.736. The summed E-state index contributed by atoms with van der Waals surface area (Å²) in [6.45, 7) is 2.04. The van der Waals surface area contributed by atoms with Crippen LogP contribution in [0.3, 0.4) is 0 Å². The molecule has 2 aromatic carbocycles. The molecular weight excluding hydrogens is 282 g/mol. The number of nitrogens with zero attached hydrogens (tertiary/aromatic N) is 2. The second kappa shape index (κ2) is 5.72. The molecule has 0 aliphatic heterocycles. The molecule has 106 valence electrons. The average molecular weight is 298 g/mol. The number of hydrogen-bond donors (Lipinski definition) is 1. The number of nitrogens with two attached hydrogens (primary N) is 1. The fourth-order valence-corrected chi connectivity index (χ4v) is 2.62. The summed E-state index contributed by atoms with van der Waals surface area (Å²) >= 11 is 6.10. The topological polar surface area (TPSA) is 43.8 Å². The normalized spacial score (nSPS) is 12.3. The van der Waals surface area contributed by atoms with Crippen molar-refractivity contribution in [3.05, 3.63) is 82.6 Å². The summed E-state index contributed by atoms with van der Waals surface area (Å²) in [5.41, 5.74) is 10.5. The minimum absolute atomic E-state index is 0.272. The highest BCUT2D eigenvalue weighted by molar-refractivity contribution is 6.30. The van der Waals surface area contributed by atoms with Gasteiger partial charge >= 0.3 is 0 Å². The van der Waals surface area contributed by atoms with Gasteiger partial charge in [-0.3, -0.25) is 0 Å². The van der Waals surface area contributed by atoms with E-state index in [0.717, 1.165) is 22.5 Å². The first-order valence-corrected chi connectivity index (χ1v) is 7.15. The summed E-state index contributed by atoms with van der Waals surface area (Å²) in [5, 5.41) is 5.08. The molecular formula is C17H16ClN3. The van der Waals surface area contributed by atoms with Gasteiger partial charge in [-0.1, -0.05) is 35.9 Å². The molecule has 0 aliphatic rings. The van der Waals surface area contributed by atoms with Gasteiger partial charge in [0.25, 0.3) is 0 Å². The van der Waals surface area contributed by atoms with Crippen LogP contribution in [0.15, 0.2) is 60.8 Å². The molecule has 1 unspecified atom stereocenters. The fraction of sp³-hybridized carbons (Fsp3) is 0.118. The minimum Gasteiger partial charge on any atom is -0.319 e. The molecule has 0 spiro atoms. The maximum absolute atomic E-state index is 6.45. The van der Waals surface area contributed by atoms with Crippen LogP contribution in [0.25, 0.3) is 5.69 Å². The maximum atomic E-state index is 6.45. The fourth-order valence-electron chi connectivity index (χ4n) is 2.44. The van der Waals surface area contributed by atoms with Gasteiger partial charge in [0.05, 0.1) is 17.4 Å². The van der Waals surface area contributed by atoms with Crippen molar-refractivity contribution in [3.63, 3.8) is 0 Å². The van der Waals surface area contributed by atoms with Gasteiger partial charge in [-0.05, 0) is 48.4 Å². The van der Waals surface area contributed by atoms with E-state index in [9.17, 15) is 0 Å². The van der Waals surface area contributed by atoms with E-state index < -0.39 is 0 Å². The van der Waals surface area contributed by atoms with Crippen LogP contribution in [-0.2, 0) is 0 Å². The van der Waals surface area contributed by atoms with E-state index in [4.69, 9.17) is 17.3 Å². The molecule has 3 nitrogen and oxygen atoms in total. The van der Waals surface area contributed by atoms with Gasteiger partial charge in [-0.2, -0.15) is 5.10 Å². The second-order valence-corrected chi connectivity index (χ2v) is 5.42. The molecule has 0 saturated carbocycles. The lowest BCUT2D eigenvalue weighted by Gasteiger charge is -2.17. The average Bonchev–Trinajstić information content (AvgIpc) is 2.99. The molecule has 1 atom stereocenters. The minimum atomic E-state index is -0.272. The van der Waals surface area contributed by atoms with Crippen LogP contribution in [0.2, 0.25) is 5.02 Å². The molecule has 4 heteroatoms. The number of aromatic nitrogens is 2. The first-order chi connectivity index (χ1) is 10.2. The third-order valence-corrected chi connectivity index (χ3v) is 3.80. The summed E-state index contributed by atoms with van der Waals surface area (Å²) in [6.07, 6.45) is 1.77. The first kappa shape index (κ1) is 13.9. The zero-order valence-corrected chi connectivity index (χ0v) is 12.5. The number of aryl methyl sites for hydroxylation is 1. The number of halogens is 1. The summed E-state index contributed by atoms with van der Waals surface area (Å²) < 4.78 is 1.87. The third kappa shape index (κ3) is 2.71. The highest BCUT2D eigenvalue weighted by Crippen LogP contribution is 2.26. The molecule has 0 radical (unpaired) electrons. The lowest BCUT2D eigenvalue weighted by Crippen LogP contribution is -2.17. The Labute approximate surface area is 129 Å². The van der Waals surface area contributed by atoms with Crippen LogP contribution in [0.1, 0.15) is 22.9 Å². The molecule has 0 saturated heterocycles. The van der Waals surface area contributed by atoms with E-state index >= 15 is 0 Å². The number of hydrogen-bond acceptors (Lipinski definition) is 2. The highest BCUT2D eigenvalue weighted by Gasteiger charge is 2.17. The van der Waals surface area contributed by atoms with Crippen LogP contribution in [-0.4, -0.2) is 9.78 Å². The van der Waals surface area contributed by atoms with Crippen LogP contribution >= 0.6 is 11.6 Å². The van der Waals surface area contributed by atoms with Crippen molar-refractivity contribution < 1.29 is 0 Å².